The van der Waals surface area contributed by atoms with Crippen molar-refractivity contribution in [1.82, 2.24) is 4.72 Å². The quantitative estimate of drug-likeness (QED) is 0.483. The monoisotopic (exact) mass is 167 g/mol. The summed E-state index contributed by atoms with van der Waals surface area (Å²) in [5, 5.41) is 9.09. The maximum Gasteiger partial charge on any atom is 0.201 e. The molecule has 0 saturated carbocycles. The number of rotatable bonds is 4. The van der Waals surface area contributed by atoms with Crippen LogP contribution in [0.3, 0.4) is 0 Å². The molecule has 0 amide bonds. The van der Waals surface area contributed by atoms with Crippen LogP contribution in [0, 0.1) is 0 Å². The summed E-state index contributed by atoms with van der Waals surface area (Å²) in [4.78, 5) is 0. The molecule has 10 heavy (non-hydrogen) atoms. The first-order chi connectivity index (χ1) is 4.42. The summed E-state index contributed by atoms with van der Waals surface area (Å²) in [5.74, 6) is 0. The van der Waals surface area contributed by atoms with E-state index in [0.29, 0.717) is 13.0 Å². The summed E-state index contributed by atoms with van der Waals surface area (Å²) in [5.41, 5.74) is -0.793. The fraction of sp³-hybridized carbons (Fsp3) is 1.00. The van der Waals surface area contributed by atoms with Gasteiger partial charge in [-0.15, -0.1) is 0 Å². The molecule has 2 N–H and O–H groups in total. The van der Waals surface area contributed by atoms with Gasteiger partial charge < -0.3 is 5.11 Å². The topological polar surface area (TPSA) is 66.4 Å². The Bertz CT molecular complexity index is 151. The Morgan fingerprint density at radius 1 is 1.50 bits per heavy atom. The van der Waals surface area contributed by atoms with Crippen LogP contribution in [0.1, 0.15) is 20.3 Å². The minimum absolute atomic E-state index is 0.294. The molecule has 5 heteroatoms. The summed E-state index contributed by atoms with van der Waals surface area (Å²) in [6, 6.07) is 0. The molecule has 0 spiro atoms. The zero-order chi connectivity index (χ0) is 8.20. The van der Waals surface area contributed by atoms with E-state index < -0.39 is 16.5 Å². The lowest BCUT2D eigenvalue weighted by Gasteiger charge is -2.15. The highest BCUT2D eigenvalue weighted by atomic mass is 32.2. The molecule has 0 aromatic carbocycles. The molecule has 0 aliphatic rings. The van der Waals surface area contributed by atoms with Crippen LogP contribution in [0.4, 0.5) is 0 Å². The highest BCUT2D eigenvalue weighted by Gasteiger charge is 2.10. The molecule has 0 heterocycles. The summed E-state index contributed by atoms with van der Waals surface area (Å²) in [6.45, 7) is 3.56. The van der Waals surface area contributed by atoms with Crippen LogP contribution in [0.5, 0.6) is 0 Å². The Morgan fingerprint density at radius 3 is 2.30 bits per heavy atom. The molecule has 0 unspecified atom stereocenters. The van der Waals surface area contributed by atoms with Crippen molar-refractivity contribution in [1.29, 1.82) is 0 Å². The Kier molecular flexibility index (Phi) is 3.85. The van der Waals surface area contributed by atoms with Gasteiger partial charge >= 0.3 is 0 Å². The molecule has 0 radical (unpaired) electrons. The van der Waals surface area contributed by atoms with E-state index in [-0.39, 0.29) is 0 Å². The first-order valence-corrected chi connectivity index (χ1v) is 4.20. The van der Waals surface area contributed by atoms with Crippen LogP contribution >= 0.6 is 0 Å². The number of hydrogen-bond acceptors (Lipinski definition) is 3. The van der Waals surface area contributed by atoms with Crippen LogP contribution in [-0.4, -0.2) is 25.7 Å². The number of nitrogens with one attached hydrogen (secondary N) is 1. The van der Waals surface area contributed by atoms with Gasteiger partial charge in [-0.25, -0.2) is 13.1 Å². The first-order valence-electron chi connectivity index (χ1n) is 3.02. The molecule has 0 atom stereocenters. The van der Waals surface area contributed by atoms with E-state index in [2.05, 4.69) is 4.72 Å². The molecule has 62 valence electrons. The van der Waals surface area contributed by atoms with Gasteiger partial charge in [-0.05, 0) is 20.3 Å². The number of aliphatic hydroxyl groups is 1. The van der Waals surface area contributed by atoms with Crippen molar-refractivity contribution in [3.8, 4) is 0 Å². The maximum atomic E-state index is 9.93. The first kappa shape index (κ1) is 9.87. The van der Waals surface area contributed by atoms with E-state index in [0.717, 1.165) is 0 Å². The van der Waals surface area contributed by atoms with Gasteiger partial charge in [-0.3, -0.25) is 0 Å². The predicted molar refractivity (Wildman–Crippen MR) is 39.2 cm³/mol. The van der Waals surface area contributed by atoms with Gasteiger partial charge in [0.15, 0.2) is 0 Å². The van der Waals surface area contributed by atoms with Crippen LogP contribution < -0.4 is 4.72 Å². The second kappa shape index (κ2) is 3.90. The van der Waals surface area contributed by atoms with Gasteiger partial charge in [0.2, 0.25) is 10.9 Å². The van der Waals surface area contributed by atoms with Gasteiger partial charge in [-0.2, -0.15) is 0 Å². The van der Waals surface area contributed by atoms with E-state index in [1.165, 1.54) is 0 Å². The van der Waals surface area contributed by atoms with Crippen molar-refractivity contribution >= 4 is 10.9 Å². The van der Waals surface area contributed by atoms with Gasteiger partial charge in [0.1, 0.15) is 0 Å². The van der Waals surface area contributed by atoms with Crippen molar-refractivity contribution in [2.24, 2.45) is 0 Å². The van der Waals surface area contributed by atoms with Gasteiger partial charge in [-0.1, -0.05) is 0 Å². The standard InChI is InChI=1S/C5H13NO3S/c1-5(2,7)3-4-6-10(8)9/h7,10H,3-4H2,1-2H3,(H,6,8,9). The van der Waals surface area contributed by atoms with E-state index >= 15 is 0 Å². The zero-order valence-corrected chi connectivity index (χ0v) is 7.02. The molecule has 0 aromatic heterocycles. The van der Waals surface area contributed by atoms with E-state index in [9.17, 15) is 8.42 Å². The summed E-state index contributed by atoms with van der Waals surface area (Å²) in [6.07, 6.45) is 0.427. The zero-order valence-electron chi connectivity index (χ0n) is 6.13. The lowest BCUT2D eigenvalue weighted by atomic mass is 10.1. The van der Waals surface area contributed by atoms with Crippen molar-refractivity contribution in [2.45, 2.75) is 25.9 Å². The molecule has 4 nitrogen and oxygen atoms in total. The van der Waals surface area contributed by atoms with Crippen LogP contribution in [0.2, 0.25) is 0 Å². The van der Waals surface area contributed by atoms with Crippen molar-refractivity contribution in [3.63, 3.8) is 0 Å². The molecule has 0 saturated heterocycles. The van der Waals surface area contributed by atoms with Gasteiger partial charge in [0.05, 0.1) is 5.60 Å². The molecular weight excluding hydrogens is 154 g/mol. The largest absolute Gasteiger partial charge is 0.390 e. The molecular formula is C5H13NO3S. The SMILES string of the molecule is CC(C)(O)CCN[SH](=O)=O. The van der Waals surface area contributed by atoms with E-state index in [1.807, 2.05) is 0 Å². The maximum absolute atomic E-state index is 9.93. The Morgan fingerprint density at radius 2 is 2.00 bits per heavy atom. The highest BCUT2D eigenvalue weighted by Crippen LogP contribution is 2.04. The summed E-state index contributed by atoms with van der Waals surface area (Å²) in [7, 11) is -2.51. The molecule has 0 bridgehead atoms. The second-order valence-corrected chi connectivity index (χ2v) is 3.56. The molecule has 0 aliphatic carbocycles. The number of thiol groups is 1. The smallest absolute Gasteiger partial charge is 0.201 e. The van der Waals surface area contributed by atoms with Gasteiger partial charge in [0, 0.05) is 6.54 Å². The lowest BCUT2D eigenvalue weighted by molar-refractivity contribution is 0.0728. The third-order valence-corrected chi connectivity index (χ3v) is 1.46. The van der Waals surface area contributed by atoms with Crippen molar-refractivity contribution < 1.29 is 13.5 Å². The molecule has 0 fully saturated rings. The summed E-state index contributed by atoms with van der Waals surface area (Å²) < 4.78 is 22.1. The van der Waals surface area contributed by atoms with Crippen molar-refractivity contribution in [3.05, 3.63) is 0 Å². The summed E-state index contributed by atoms with van der Waals surface area (Å²) >= 11 is 0. The Balaban J connectivity index is 3.38. The molecule has 0 aliphatic heterocycles. The normalized spacial score (nSPS) is 12.4. The van der Waals surface area contributed by atoms with Crippen LogP contribution in [-0.2, 0) is 10.9 Å². The minimum atomic E-state index is -2.51. The van der Waals surface area contributed by atoms with Crippen LogP contribution in [0.15, 0.2) is 0 Å². The number of hydrogen-bond donors (Lipinski definition) is 3. The van der Waals surface area contributed by atoms with E-state index in [4.69, 9.17) is 5.11 Å². The molecule has 0 aromatic rings. The fourth-order valence-electron chi connectivity index (χ4n) is 0.453. The average Bonchev–Trinajstić information content (AvgIpc) is 1.59. The van der Waals surface area contributed by atoms with Crippen LogP contribution in [0.25, 0.3) is 0 Å². The highest BCUT2D eigenvalue weighted by molar-refractivity contribution is 7.70. The predicted octanol–water partition coefficient (Wildman–Crippen LogP) is -0.737. The van der Waals surface area contributed by atoms with Crippen molar-refractivity contribution in [2.75, 3.05) is 6.54 Å². The van der Waals surface area contributed by atoms with E-state index in [1.54, 1.807) is 13.8 Å². The third kappa shape index (κ3) is 7.87. The fourth-order valence-corrected chi connectivity index (χ4v) is 0.747. The third-order valence-electron chi connectivity index (χ3n) is 0.978. The lowest BCUT2D eigenvalue weighted by Crippen LogP contribution is -2.25. The average molecular weight is 167 g/mol. The Hall–Kier alpha value is -0.130. The minimum Gasteiger partial charge on any atom is -0.390 e. The molecule has 0 rings (SSSR count). The Labute approximate surface area is 62.3 Å². The second-order valence-electron chi connectivity index (χ2n) is 2.73. The van der Waals surface area contributed by atoms with Gasteiger partial charge in [0.25, 0.3) is 0 Å².